The number of hydrogen-bond acceptors (Lipinski definition) is 8. The molecule has 0 saturated heterocycles. The molecule has 0 amide bonds. The fraction of sp³-hybridized carbons (Fsp3) is 0.269. The molecule has 2 aromatic carbocycles. The maximum atomic E-state index is 13.7. The average Bonchev–Trinajstić information content (AvgIpc) is 3.17. The van der Waals surface area contributed by atoms with Crippen LogP contribution in [0.15, 0.2) is 63.5 Å². The van der Waals surface area contributed by atoms with Crippen LogP contribution in [0.2, 0.25) is 0 Å². The molecule has 9 heteroatoms. The van der Waals surface area contributed by atoms with Gasteiger partial charge in [-0.15, -0.1) is 0 Å². The number of hydrogen-bond donors (Lipinski definition) is 0. The maximum absolute atomic E-state index is 13.7. The van der Waals surface area contributed by atoms with Gasteiger partial charge in [-0.1, -0.05) is 29.5 Å². The Kier molecular flexibility index (Phi) is 7.07. The van der Waals surface area contributed by atoms with Crippen molar-refractivity contribution in [3.05, 3.63) is 84.5 Å². The van der Waals surface area contributed by atoms with Gasteiger partial charge < -0.3 is 18.9 Å². The van der Waals surface area contributed by atoms with Crippen molar-refractivity contribution in [1.82, 2.24) is 4.57 Å². The Morgan fingerprint density at radius 3 is 2.54 bits per heavy atom. The Morgan fingerprint density at radius 2 is 1.86 bits per heavy atom. The van der Waals surface area contributed by atoms with Crippen molar-refractivity contribution in [3.8, 4) is 17.2 Å². The second kappa shape index (κ2) is 10.2. The highest BCUT2D eigenvalue weighted by molar-refractivity contribution is 7.07. The first-order valence-electron chi connectivity index (χ1n) is 11.0. The van der Waals surface area contributed by atoms with Gasteiger partial charge in [0.05, 0.1) is 49.8 Å². The minimum Gasteiger partial charge on any atom is -0.497 e. The molecule has 0 fully saturated rings. The first kappa shape index (κ1) is 24.3. The van der Waals surface area contributed by atoms with Crippen LogP contribution < -0.4 is 29.1 Å². The summed E-state index contributed by atoms with van der Waals surface area (Å²) in [5.74, 6) is 1.20. The average molecular weight is 495 g/mol. The fourth-order valence-electron chi connectivity index (χ4n) is 4.01. The number of esters is 1. The fourth-order valence-corrected chi connectivity index (χ4v) is 5.06. The van der Waals surface area contributed by atoms with Crippen molar-refractivity contribution in [3.63, 3.8) is 0 Å². The minimum absolute atomic E-state index is 0.203. The number of nitrogens with zero attached hydrogens (tertiary/aromatic N) is 2. The molecule has 3 aromatic rings. The number of ether oxygens (including phenoxy) is 4. The Balaban J connectivity index is 1.96. The van der Waals surface area contributed by atoms with Crippen molar-refractivity contribution in [1.29, 1.82) is 0 Å². The molecule has 1 aromatic heterocycles. The zero-order valence-corrected chi connectivity index (χ0v) is 21.0. The van der Waals surface area contributed by atoms with Gasteiger partial charge in [-0.2, -0.15) is 0 Å². The lowest BCUT2D eigenvalue weighted by Crippen LogP contribution is -2.39. The molecule has 8 nitrogen and oxygen atoms in total. The van der Waals surface area contributed by atoms with E-state index in [0.29, 0.717) is 43.4 Å². The smallest absolute Gasteiger partial charge is 0.338 e. The van der Waals surface area contributed by atoms with E-state index in [1.165, 1.54) is 23.0 Å². The number of benzene rings is 2. The van der Waals surface area contributed by atoms with E-state index in [4.69, 9.17) is 18.9 Å². The normalized spacial score (nSPS) is 15.3. The molecule has 2 heterocycles. The molecule has 0 N–H and O–H groups in total. The van der Waals surface area contributed by atoms with E-state index in [9.17, 15) is 9.59 Å². The first-order valence-corrected chi connectivity index (χ1v) is 11.8. The number of carbonyl (C=O) groups is 1. The summed E-state index contributed by atoms with van der Waals surface area (Å²) in [5.41, 5.74) is 2.04. The largest absolute Gasteiger partial charge is 0.497 e. The van der Waals surface area contributed by atoms with Gasteiger partial charge in [0.25, 0.3) is 5.56 Å². The molecule has 1 atom stereocenters. The second-order valence-corrected chi connectivity index (χ2v) is 8.70. The summed E-state index contributed by atoms with van der Waals surface area (Å²) in [6, 6.07) is 12.0. The molecular weight excluding hydrogens is 468 g/mol. The summed E-state index contributed by atoms with van der Waals surface area (Å²) >= 11 is 1.26. The van der Waals surface area contributed by atoms with Crippen LogP contribution >= 0.6 is 11.3 Å². The molecule has 0 spiro atoms. The monoisotopic (exact) mass is 494 g/mol. The third-order valence-corrected chi connectivity index (χ3v) is 6.61. The first-order chi connectivity index (χ1) is 16.9. The van der Waals surface area contributed by atoms with Crippen LogP contribution in [-0.2, 0) is 9.53 Å². The van der Waals surface area contributed by atoms with Gasteiger partial charge in [0.2, 0.25) is 0 Å². The third kappa shape index (κ3) is 4.59. The molecule has 182 valence electrons. The van der Waals surface area contributed by atoms with Gasteiger partial charge in [0.15, 0.2) is 16.3 Å². The maximum Gasteiger partial charge on any atom is 0.338 e. The van der Waals surface area contributed by atoms with E-state index in [1.54, 1.807) is 46.3 Å². The minimum atomic E-state index is -0.738. The van der Waals surface area contributed by atoms with E-state index in [2.05, 4.69) is 4.99 Å². The summed E-state index contributed by atoms with van der Waals surface area (Å²) in [5, 5.41) is 0. The number of aromatic nitrogens is 1. The van der Waals surface area contributed by atoms with E-state index in [1.807, 2.05) is 30.3 Å². The molecule has 0 unspecified atom stereocenters. The number of methoxy groups -OCH3 is 3. The van der Waals surface area contributed by atoms with Crippen molar-refractivity contribution < 1.29 is 23.7 Å². The van der Waals surface area contributed by atoms with Gasteiger partial charge in [0, 0.05) is 0 Å². The molecule has 35 heavy (non-hydrogen) atoms. The standard InChI is InChI=1S/C26H26N2O6S/c1-6-34-25(30)22-15(2)27-26-28(23(22)17-10-11-19(32-4)20(14-17)33-5)24(29)21(35-26)13-16-8-7-9-18(12-16)31-3/h7-14,23H,6H2,1-5H3/b21-13-/t23-/m0/s1. The Labute approximate surface area is 206 Å². The van der Waals surface area contributed by atoms with E-state index < -0.39 is 12.0 Å². The summed E-state index contributed by atoms with van der Waals surface area (Å²) in [4.78, 5) is 31.8. The number of carbonyl (C=O) groups excluding carboxylic acids is 1. The van der Waals surface area contributed by atoms with E-state index in [0.717, 1.165) is 5.56 Å². The number of fused-ring (bicyclic) bond motifs is 1. The van der Waals surface area contributed by atoms with Gasteiger partial charge in [-0.3, -0.25) is 9.36 Å². The van der Waals surface area contributed by atoms with Crippen molar-refractivity contribution in [2.45, 2.75) is 19.9 Å². The molecule has 1 aliphatic heterocycles. The van der Waals surface area contributed by atoms with Crippen LogP contribution in [0.3, 0.4) is 0 Å². The lowest BCUT2D eigenvalue weighted by molar-refractivity contribution is -0.139. The number of allylic oxidation sites excluding steroid dienone is 1. The van der Waals surface area contributed by atoms with Crippen LogP contribution in [-0.4, -0.2) is 38.5 Å². The topological polar surface area (TPSA) is 88.4 Å². The molecule has 0 bridgehead atoms. The van der Waals surface area contributed by atoms with E-state index in [-0.39, 0.29) is 12.2 Å². The Hall–Kier alpha value is -3.85. The van der Waals surface area contributed by atoms with Gasteiger partial charge in [-0.25, -0.2) is 9.79 Å². The molecular formula is C26H26N2O6S. The van der Waals surface area contributed by atoms with Crippen LogP contribution in [0, 0.1) is 0 Å². The highest BCUT2D eigenvalue weighted by Crippen LogP contribution is 2.36. The zero-order valence-electron chi connectivity index (χ0n) is 20.2. The Morgan fingerprint density at radius 1 is 1.09 bits per heavy atom. The quantitative estimate of drug-likeness (QED) is 0.470. The summed E-state index contributed by atoms with van der Waals surface area (Å²) in [6.45, 7) is 3.69. The van der Waals surface area contributed by atoms with Crippen molar-refractivity contribution in [2.24, 2.45) is 4.99 Å². The summed E-state index contributed by atoms with van der Waals surface area (Å²) in [6.07, 6.45) is 1.79. The van der Waals surface area contributed by atoms with Crippen LogP contribution in [0.5, 0.6) is 17.2 Å². The van der Waals surface area contributed by atoms with E-state index >= 15 is 0 Å². The van der Waals surface area contributed by atoms with Crippen molar-refractivity contribution in [2.75, 3.05) is 27.9 Å². The molecule has 1 aliphatic rings. The summed E-state index contributed by atoms with van der Waals surface area (Å²) < 4.78 is 23.5. The molecule has 0 saturated carbocycles. The number of thiazole rings is 1. The van der Waals surface area contributed by atoms with Crippen LogP contribution in [0.4, 0.5) is 0 Å². The van der Waals surface area contributed by atoms with Gasteiger partial charge in [-0.05, 0) is 55.3 Å². The SMILES string of the molecule is CCOC(=O)C1=C(C)N=c2s/c(=C\c3cccc(OC)c3)c(=O)n2[C@H]1c1ccc(OC)c(OC)c1. The predicted octanol–water partition coefficient (Wildman–Crippen LogP) is 2.82. The van der Waals surface area contributed by atoms with Crippen molar-refractivity contribution >= 4 is 23.4 Å². The van der Waals surface area contributed by atoms with Gasteiger partial charge in [0.1, 0.15) is 5.75 Å². The highest BCUT2D eigenvalue weighted by Gasteiger charge is 2.33. The second-order valence-electron chi connectivity index (χ2n) is 7.69. The lowest BCUT2D eigenvalue weighted by atomic mass is 9.95. The van der Waals surface area contributed by atoms with Crippen LogP contribution in [0.25, 0.3) is 6.08 Å². The molecule has 0 radical (unpaired) electrons. The summed E-state index contributed by atoms with van der Waals surface area (Å²) in [7, 11) is 4.68. The molecule has 0 aliphatic carbocycles. The highest BCUT2D eigenvalue weighted by atomic mass is 32.1. The Bertz CT molecular complexity index is 1480. The van der Waals surface area contributed by atoms with Crippen LogP contribution in [0.1, 0.15) is 31.0 Å². The number of rotatable bonds is 7. The van der Waals surface area contributed by atoms with Gasteiger partial charge >= 0.3 is 5.97 Å². The lowest BCUT2D eigenvalue weighted by Gasteiger charge is -2.25. The predicted molar refractivity (Wildman–Crippen MR) is 133 cm³/mol. The third-order valence-electron chi connectivity index (χ3n) is 5.63. The molecule has 4 rings (SSSR count). The zero-order chi connectivity index (χ0) is 25.1.